The minimum absolute atomic E-state index is 0.144. The maximum absolute atomic E-state index is 13.1. The summed E-state index contributed by atoms with van der Waals surface area (Å²) in [5.41, 5.74) is 3.13. The molecule has 0 spiro atoms. The van der Waals surface area contributed by atoms with Crippen molar-refractivity contribution < 1.29 is 8.42 Å². The van der Waals surface area contributed by atoms with Crippen LogP contribution >= 0.6 is 0 Å². The first-order valence-electron chi connectivity index (χ1n) is 8.53. The van der Waals surface area contributed by atoms with Gasteiger partial charge in [0.2, 0.25) is 10.0 Å². The number of benzene rings is 1. The smallest absolute Gasteiger partial charge is 0.243 e. The summed E-state index contributed by atoms with van der Waals surface area (Å²) in [6, 6.07) is 8.95. The van der Waals surface area contributed by atoms with Gasteiger partial charge in [-0.3, -0.25) is 0 Å². The van der Waals surface area contributed by atoms with Crippen LogP contribution in [0.1, 0.15) is 35.6 Å². The second kappa shape index (κ2) is 6.77. The highest BCUT2D eigenvalue weighted by atomic mass is 32.2. The van der Waals surface area contributed by atoms with E-state index in [1.54, 1.807) is 16.4 Å². The zero-order chi connectivity index (χ0) is 18.2. The maximum atomic E-state index is 13.1. The third kappa shape index (κ3) is 3.41. The normalized spacial score (nSPS) is 18.5. The largest absolute Gasteiger partial charge is 0.363 e. The molecule has 1 aliphatic heterocycles. The van der Waals surface area contributed by atoms with E-state index in [1.807, 2.05) is 57.2 Å². The minimum Gasteiger partial charge on any atom is -0.363 e. The number of pyridine rings is 1. The molecule has 1 saturated heterocycles. The lowest BCUT2D eigenvalue weighted by atomic mass is 10.0. The first kappa shape index (κ1) is 17.9. The molecule has 0 unspecified atom stereocenters. The van der Waals surface area contributed by atoms with E-state index >= 15 is 0 Å². The molecule has 25 heavy (non-hydrogen) atoms. The fourth-order valence-electron chi connectivity index (χ4n) is 3.33. The van der Waals surface area contributed by atoms with Crippen molar-refractivity contribution in [3.63, 3.8) is 0 Å². The molecule has 6 heteroatoms. The summed E-state index contributed by atoms with van der Waals surface area (Å²) >= 11 is 0. The Labute approximate surface area is 150 Å². The second-order valence-electron chi connectivity index (χ2n) is 6.88. The van der Waals surface area contributed by atoms with Crippen LogP contribution in [-0.2, 0) is 10.0 Å². The molecule has 1 atom stereocenters. The third-order valence-corrected chi connectivity index (χ3v) is 6.71. The van der Waals surface area contributed by atoms with E-state index < -0.39 is 10.0 Å². The van der Waals surface area contributed by atoms with Crippen LogP contribution in [0, 0.1) is 13.8 Å². The number of aryl methyl sites for hydroxylation is 2. The molecule has 3 rings (SSSR count). The van der Waals surface area contributed by atoms with Crippen molar-refractivity contribution in [1.82, 2.24) is 9.29 Å². The number of aromatic nitrogens is 1. The molecule has 0 saturated carbocycles. The molecule has 2 aromatic rings. The summed E-state index contributed by atoms with van der Waals surface area (Å²) in [6.45, 7) is 4.53. The van der Waals surface area contributed by atoms with Gasteiger partial charge in [-0.1, -0.05) is 17.7 Å². The predicted molar refractivity (Wildman–Crippen MR) is 100 cm³/mol. The van der Waals surface area contributed by atoms with Gasteiger partial charge in [-0.05, 0) is 56.0 Å². The zero-order valence-corrected chi connectivity index (χ0v) is 16.0. The van der Waals surface area contributed by atoms with E-state index in [9.17, 15) is 8.42 Å². The van der Waals surface area contributed by atoms with Crippen molar-refractivity contribution in [3.05, 3.63) is 53.2 Å². The predicted octanol–water partition coefficient (Wildman–Crippen LogP) is 3.29. The van der Waals surface area contributed by atoms with Gasteiger partial charge in [0.25, 0.3) is 0 Å². The van der Waals surface area contributed by atoms with Gasteiger partial charge < -0.3 is 4.90 Å². The second-order valence-corrected chi connectivity index (χ2v) is 8.77. The van der Waals surface area contributed by atoms with E-state index in [0.29, 0.717) is 11.4 Å². The van der Waals surface area contributed by atoms with E-state index in [0.717, 1.165) is 35.3 Å². The number of anilines is 1. The lowest BCUT2D eigenvalue weighted by Crippen LogP contribution is -2.31. The molecule has 0 aliphatic carbocycles. The Bertz CT molecular complexity index is 861. The Hall–Kier alpha value is -1.92. The molecule has 1 fully saturated rings. The van der Waals surface area contributed by atoms with Gasteiger partial charge >= 0.3 is 0 Å². The summed E-state index contributed by atoms with van der Waals surface area (Å²) < 4.78 is 27.9. The summed E-state index contributed by atoms with van der Waals surface area (Å²) in [7, 11) is 0.398. The molecule has 1 aromatic carbocycles. The number of hydrogen-bond acceptors (Lipinski definition) is 4. The summed E-state index contributed by atoms with van der Waals surface area (Å²) in [5.74, 6) is 0.882. The molecule has 2 heterocycles. The van der Waals surface area contributed by atoms with Gasteiger partial charge in [0.05, 0.1) is 10.9 Å². The number of nitrogens with zero attached hydrogens (tertiary/aromatic N) is 3. The molecule has 1 aliphatic rings. The van der Waals surface area contributed by atoms with Crippen molar-refractivity contribution in [2.45, 2.75) is 37.6 Å². The first-order valence-corrected chi connectivity index (χ1v) is 9.97. The van der Waals surface area contributed by atoms with Gasteiger partial charge in [-0.25, -0.2) is 13.4 Å². The fraction of sp³-hybridized carbons (Fsp3) is 0.421. The van der Waals surface area contributed by atoms with Crippen LogP contribution in [0.5, 0.6) is 0 Å². The Morgan fingerprint density at radius 2 is 1.84 bits per heavy atom. The highest BCUT2D eigenvalue weighted by molar-refractivity contribution is 7.89. The number of sulfonamides is 1. The van der Waals surface area contributed by atoms with Crippen molar-refractivity contribution in [2.24, 2.45) is 0 Å². The molecule has 0 amide bonds. The van der Waals surface area contributed by atoms with Crippen LogP contribution in [0.4, 0.5) is 5.82 Å². The van der Waals surface area contributed by atoms with E-state index in [4.69, 9.17) is 0 Å². The molecule has 1 aromatic heterocycles. The minimum atomic E-state index is -3.50. The van der Waals surface area contributed by atoms with Crippen LogP contribution in [0.2, 0.25) is 0 Å². The monoisotopic (exact) mass is 359 g/mol. The Morgan fingerprint density at radius 3 is 2.44 bits per heavy atom. The highest BCUT2D eigenvalue weighted by Crippen LogP contribution is 2.38. The zero-order valence-electron chi connectivity index (χ0n) is 15.2. The summed E-state index contributed by atoms with van der Waals surface area (Å²) in [5, 5.41) is 0. The van der Waals surface area contributed by atoms with Gasteiger partial charge in [0.15, 0.2) is 0 Å². The van der Waals surface area contributed by atoms with Crippen LogP contribution in [0.3, 0.4) is 0 Å². The lowest BCUT2D eigenvalue weighted by Gasteiger charge is -2.26. The number of rotatable bonds is 4. The summed E-state index contributed by atoms with van der Waals surface area (Å²) in [6.07, 6.45) is 3.53. The van der Waals surface area contributed by atoms with Crippen LogP contribution in [0.15, 0.2) is 41.4 Å². The molecule has 0 bridgehead atoms. The lowest BCUT2D eigenvalue weighted by molar-refractivity contribution is 0.395. The highest BCUT2D eigenvalue weighted by Gasteiger charge is 2.37. The van der Waals surface area contributed by atoms with Crippen LogP contribution in [0.25, 0.3) is 0 Å². The standard InChI is InChI=1S/C19H25N3O2S/c1-14-7-9-16(10-8-14)25(23,24)22-11-5-6-18(22)17-13-20-19(21(3)4)12-15(17)2/h7-10,12-13,18H,5-6,11H2,1-4H3/t18-/m1/s1. The fourth-order valence-corrected chi connectivity index (χ4v) is 5.00. The Morgan fingerprint density at radius 1 is 1.16 bits per heavy atom. The maximum Gasteiger partial charge on any atom is 0.243 e. The first-order chi connectivity index (χ1) is 11.8. The molecule has 5 nitrogen and oxygen atoms in total. The van der Waals surface area contributed by atoms with Gasteiger partial charge in [0.1, 0.15) is 5.82 Å². The van der Waals surface area contributed by atoms with E-state index in [-0.39, 0.29) is 6.04 Å². The van der Waals surface area contributed by atoms with Crippen LogP contribution in [-0.4, -0.2) is 38.3 Å². The average Bonchev–Trinajstić information content (AvgIpc) is 3.05. The molecule has 0 N–H and O–H groups in total. The topological polar surface area (TPSA) is 53.5 Å². The van der Waals surface area contributed by atoms with Crippen molar-refractivity contribution in [2.75, 3.05) is 25.5 Å². The number of hydrogen-bond donors (Lipinski definition) is 0. The molecular formula is C19H25N3O2S. The van der Waals surface area contributed by atoms with Crippen molar-refractivity contribution >= 4 is 15.8 Å². The SMILES string of the molecule is Cc1ccc(S(=O)(=O)N2CCC[C@@H]2c2cnc(N(C)C)cc2C)cc1. The molecule has 134 valence electrons. The molecular weight excluding hydrogens is 334 g/mol. The third-order valence-electron chi connectivity index (χ3n) is 4.79. The van der Waals surface area contributed by atoms with E-state index in [2.05, 4.69) is 4.98 Å². The van der Waals surface area contributed by atoms with E-state index in [1.165, 1.54) is 0 Å². The quantitative estimate of drug-likeness (QED) is 0.841. The van der Waals surface area contributed by atoms with Gasteiger partial charge in [0, 0.05) is 26.8 Å². The van der Waals surface area contributed by atoms with Crippen molar-refractivity contribution in [3.8, 4) is 0 Å². The van der Waals surface area contributed by atoms with Gasteiger partial charge in [-0.2, -0.15) is 4.31 Å². The van der Waals surface area contributed by atoms with Gasteiger partial charge in [-0.15, -0.1) is 0 Å². The average molecular weight is 359 g/mol. The Balaban J connectivity index is 1.96. The van der Waals surface area contributed by atoms with Crippen LogP contribution < -0.4 is 4.90 Å². The summed E-state index contributed by atoms with van der Waals surface area (Å²) in [4.78, 5) is 6.80. The van der Waals surface area contributed by atoms with Crippen molar-refractivity contribution in [1.29, 1.82) is 0 Å². The Kier molecular flexibility index (Phi) is 4.84. The molecule has 0 radical (unpaired) electrons.